The van der Waals surface area contributed by atoms with Gasteiger partial charge >= 0.3 is 0 Å². The van der Waals surface area contributed by atoms with Gasteiger partial charge in [0.15, 0.2) is 5.78 Å². The van der Waals surface area contributed by atoms with E-state index in [4.69, 9.17) is 4.42 Å². The van der Waals surface area contributed by atoms with Crippen LogP contribution in [0.2, 0.25) is 0 Å². The van der Waals surface area contributed by atoms with Crippen LogP contribution in [0.4, 0.5) is 0 Å². The molecule has 0 aliphatic carbocycles. The summed E-state index contributed by atoms with van der Waals surface area (Å²) in [5, 5.41) is 0. The van der Waals surface area contributed by atoms with Crippen LogP contribution in [0.15, 0.2) is 46.9 Å². The first kappa shape index (κ1) is 13.3. The fourth-order valence-corrected chi connectivity index (χ4v) is 1.84. The molecule has 0 aliphatic heterocycles. The Labute approximate surface area is 112 Å². The number of hydrogen-bond acceptors (Lipinski definition) is 3. The number of hydrogen-bond donors (Lipinski definition) is 0. The van der Waals surface area contributed by atoms with Crippen molar-refractivity contribution in [1.82, 2.24) is 0 Å². The van der Waals surface area contributed by atoms with Crippen molar-refractivity contribution in [1.29, 1.82) is 0 Å². The van der Waals surface area contributed by atoms with E-state index in [0.29, 0.717) is 24.2 Å². The van der Waals surface area contributed by atoms with E-state index in [1.54, 1.807) is 25.1 Å². The largest absolute Gasteiger partial charge is 0.466 e. The second kappa shape index (κ2) is 6.14. The van der Waals surface area contributed by atoms with Crippen LogP contribution in [-0.2, 0) is 17.6 Å². The lowest BCUT2D eigenvalue weighted by atomic mass is 10.1. The SMILES string of the molecule is CC(=O)CCc1ccc(CC(=O)c2ccccc2)o1. The lowest BCUT2D eigenvalue weighted by molar-refractivity contribution is -0.117. The highest BCUT2D eigenvalue weighted by atomic mass is 16.3. The fourth-order valence-electron chi connectivity index (χ4n) is 1.84. The number of carbonyl (C=O) groups excluding carboxylic acids is 2. The molecule has 0 atom stereocenters. The van der Waals surface area contributed by atoms with Crippen molar-refractivity contribution in [2.24, 2.45) is 0 Å². The minimum absolute atomic E-state index is 0.0352. The van der Waals surface area contributed by atoms with E-state index in [1.807, 2.05) is 24.3 Å². The predicted octanol–water partition coefficient (Wildman–Crippen LogP) is 3.23. The molecular formula is C16H16O3. The Bertz CT molecular complexity index is 567. The Morgan fingerprint density at radius 2 is 1.68 bits per heavy atom. The van der Waals surface area contributed by atoms with Gasteiger partial charge in [-0.3, -0.25) is 4.79 Å². The summed E-state index contributed by atoms with van der Waals surface area (Å²) in [6.07, 6.45) is 1.32. The van der Waals surface area contributed by atoms with E-state index >= 15 is 0 Å². The topological polar surface area (TPSA) is 47.3 Å². The number of aryl methyl sites for hydroxylation is 1. The van der Waals surface area contributed by atoms with Crippen LogP contribution in [0.3, 0.4) is 0 Å². The average Bonchev–Trinajstić information content (AvgIpc) is 2.85. The molecule has 1 aromatic carbocycles. The third-order valence-electron chi connectivity index (χ3n) is 2.87. The van der Waals surface area contributed by atoms with E-state index in [9.17, 15) is 9.59 Å². The van der Waals surface area contributed by atoms with Gasteiger partial charge in [0.1, 0.15) is 17.3 Å². The normalized spacial score (nSPS) is 10.4. The molecule has 0 radical (unpaired) electrons. The average molecular weight is 256 g/mol. The maximum absolute atomic E-state index is 12.0. The molecule has 0 unspecified atom stereocenters. The highest BCUT2D eigenvalue weighted by Gasteiger charge is 2.10. The zero-order valence-corrected chi connectivity index (χ0v) is 10.9. The van der Waals surface area contributed by atoms with Crippen LogP contribution in [0.5, 0.6) is 0 Å². The quantitative estimate of drug-likeness (QED) is 0.745. The summed E-state index contributed by atoms with van der Waals surface area (Å²) < 4.78 is 5.55. The Morgan fingerprint density at radius 3 is 2.37 bits per heavy atom. The Hall–Kier alpha value is -2.16. The van der Waals surface area contributed by atoms with E-state index < -0.39 is 0 Å². The van der Waals surface area contributed by atoms with Crippen molar-refractivity contribution in [3.63, 3.8) is 0 Å². The Balaban J connectivity index is 1.96. The van der Waals surface area contributed by atoms with Gasteiger partial charge in [0.25, 0.3) is 0 Å². The van der Waals surface area contributed by atoms with Crippen LogP contribution in [-0.4, -0.2) is 11.6 Å². The molecule has 19 heavy (non-hydrogen) atoms. The molecule has 0 amide bonds. The highest BCUT2D eigenvalue weighted by molar-refractivity contribution is 5.97. The number of furan rings is 1. The van der Waals surface area contributed by atoms with Crippen LogP contribution in [0.1, 0.15) is 35.2 Å². The van der Waals surface area contributed by atoms with Gasteiger partial charge < -0.3 is 9.21 Å². The van der Waals surface area contributed by atoms with Crippen molar-refractivity contribution in [3.8, 4) is 0 Å². The van der Waals surface area contributed by atoms with Crippen LogP contribution in [0.25, 0.3) is 0 Å². The van der Waals surface area contributed by atoms with E-state index in [0.717, 1.165) is 5.76 Å². The van der Waals surface area contributed by atoms with Gasteiger partial charge in [-0.1, -0.05) is 30.3 Å². The second-order valence-corrected chi connectivity index (χ2v) is 4.54. The molecule has 1 heterocycles. The molecule has 98 valence electrons. The van der Waals surface area contributed by atoms with Gasteiger partial charge in [-0.15, -0.1) is 0 Å². The molecule has 0 fully saturated rings. The molecule has 0 N–H and O–H groups in total. The lowest BCUT2D eigenvalue weighted by Gasteiger charge is -1.98. The highest BCUT2D eigenvalue weighted by Crippen LogP contribution is 2.13. The molecule has 1 aromatic heterocycles. The number of benzene rings is 1. The summed E-state index contributed by atoms with van der Waals surface area (Å²) in [5.41, 5.74) is 0.684. The molecule has 0 aliphatic rings. The number of rotatable bonds is 6. The summed E-state index contributed by atoms with van der Waals surface area (Å²) in [6, 6.07) is 12.8. The Morgan fingerprint density at radius 1 is 1.00 bits per heavy atom. The van der Waals surface area contributed by atoms with Gasteiger partial charge in [0.2, 0.25) is 0 Å². The maximum Gasteiger partial charge on any atom is 0.170 e. The molecule has 0 spiro atoms. The standard InChI is InChI=1S/C16H16O3/c1-12(17)7-8-14-9-10-15(19-14)11-16(18)13-5-3-2-4-6-13/h2-6,9-10H,7-8,11H2,1H3. The third kappa shape index (κ3) is 3.91. The van der Waals surface area contributed by atoms with E-state index in [1.165, 1.54) is 0 Å². The zero-order chi connectivity index (χ0) is 13.7. The maximum atomic E-state index is 12.0. The molecule has 2 rings (SSSR count). The minimum Gasteiger partial charge on any atom is -0.466 e. The second-order valence-electron chi connectivity index (χ2n) is 4.54. The summed E-state index contributed by atoms with van der Waals surface area (Å²) in [6.45, 7) is 1.56. The molecule has 0 saturated carbocycles. The third-order valence-corrected chi connectivity index (χ3v) is 2.87. The van der Waals surface area contributed by atoms with Gasteiger partial charge in [-0.05, 0) is 19.1 Å². The Kier molecular flexibility index (Phi) is 4.29. The molecule has 2 aromatic rings. The molecule has 0 bridgehead atoms. The molecule has 0 saturated heterocycles. The van der Waals surface area contributed by atoms with Crippen molar-refractivity contribution < 1.29 is 14.0 Å². The van der Waals surface area contributed by atoms with Gasteiger partial charge in [-0.25, -0.2) is 0 Å². The van der Waals surface area contributed by atoms with Gasteiger partial charge in [-0.2, -0.15) is 0 Å². The van der Waals surface area contributed by atoms with Crippen molar-refractivity contribution in [3.05, 3.63) is 59.5 Å². The van der Waals surface area contributed by atoms with Gasteiger partial charge in [0, 0.05) is 18.4 Å². The van der Waals surface area contributed by atoms with Crippen molar-refractivity contribution in [2.75, 3.05) is 0 Å². The van der Waals surface area contributed by atoms with Crippen molar-refractivity contribution in [2.45, 2.75) is 26.2 Å². The predicted molar refractivity (Wildman–Crippen MR) is 72.2 cm³/mol. The summed E-state index contributed by atoms with van der Waals surface area (Å²) in [7, 11) is 0. The van der Waals surface area contributed by atoms with E-state index in [-0.39, 0.29) is 18.0 Å². The first-order chi connectivity index (χ1) is 9.15. The minimum atomic E-state index is 0.0352. The van der Waals surface area contributed by atoms with Gasteiger partial charge in [0.05, 0.1) is 6.42 Å². The molecule has 3 nitrogen and oxygen atoms in total. The first-order valence-electron chi connectivity index (χ1n) is 6.30. The number of Topliss-reactive ketones (excluding diaryl/α,β-unsaturated/α-hetero) is 2. The summed E-state index contributed by atoms with van der Waals surface area (Å²) in [5.74, 6) is 1.57. The summed E-state index contributed by atoms with van der Waals surface area (Å²) >= 11 is 0. The number of carbonyl (C=O) groups is 2. The summed E-state index contributed by atoms with van der Waals surface area (Å²) in [4.78, 5) is 22.9. The van der Waals surface area contributed by atoms with E-state index in [2.05, 4.69) is 0 Å². The smallest absolute Gasteiger partial charge is 0.170 e. The zero-order valence-electron chi connectivity index (χ0n) is 10.9. The monoisotopic (exact) mass is 256 g/mol. The fraction of sp³-hybridized carbons (Fsp3) is 0.250. The number of ketones is 2. The van der Waals surface area contributed by atoms with Crippen molar-refractivity contribution >= 4 is 11.6 Å². The molecular weight excluding hydrogens is 240 g/mol. The van der Waals surface area contributed by atoms with Crippen LogP contribution < -0.4 is 0 Å². The first-order valence-corrected chi connectivity index (χ1v) is 6.30. The van der Waals surface area contributed by atoms with Crippen LogP contribution in [0, 0.1) is 0 Å². The van der Waals surface area contributed by atoms with Crippen LogP contribution >= 0.6 is 0 Å². The lowest BCUT2D eigenvalue weighted by Crippen LogP contribution is -2.02. The molecule has 3 heteroatoms.